The number of hydrogen-bond donors (Lipinski definition) is 2. The largest absolute Gasteiger partial charge is 0.349 e. The second-order valence-electron chi connectivity index (χ2n) is 4.24. The Morgan fingerprint density at radius 2 is 2.12 bits per heavy atom. The van der Waals surface area contributed by atoms with Gasteiger partial charge in [-0.05, 0) is 31.7 Å². The van der Waals surface area contributed by atoms with Crippen LogP contribution in [-0.2, 0) is 4.79 Å². The number of halogens is 1. The van der Waals surface area contributed by atoms with Crippen LogP contribution in [0.3, 0.4) is 0 Å². The van der Waals surface area contributed by atoms with Gasteiger partial charge in [-0.3, -0.25) is 4.79 Å². The molecule has 0 heterocycles. The molecule has 0 spiro atoms. The summed E-state index contributed by atoms with van der Waals surface area (Å²) in [5.74, 6) is 0.00783. The lowest BCUT2D eigenvalue weighted by Gasteiger charge is -2.18. The third-order valence-electron chi connectivity index (χ3n) is 2.67. The number of hydrogen-bond acceptors (Lipinski definition) is 2. The molecule has 0 saturated carbocycles. The third kappa shape index (κ3) is 4.36. The predicted molar refractivity (Wildman–Crippen MR) is 71.1 cm³/mol. The zero-order valence-corrected chi connectivity index (χ0v) is 11.2. The number of rotatable bonds is 5. The fourth-order valence-corrected chi connectivity index (χ4v) is 1.81. The highest BCUT2D eigenvalue weighted by atomic mass is 35.5. The standard InChI is InChI=1S/C13H19ClN2O/c1-9(8-15-3)13(17)16-10(2)11-5-4-6-12(14)7-11/h4-7,9-10,15H,8H2,1-3H3,(H,16,17). The first-order valence-electron chi connectivity index (χ1n) is 5.75. The van der Waals surface area contributed by atoms with Crippen LogP contribution in [0.25, 0.3) is 0 Å². The summed E-state index contributed by atoms with van der Waals surface area (Å²) >= 11 is 5.92. The summed E-state index contributed by atoms with van der Waals surface area (Å²) in [7, 11) is 1.84. The van der Waals surface area contributed by atoms with E-state index in [9.17, 15) is 4.79 Å². The maximum Gasteiger partial charge on any atom is 0.224 e. The molecule has 0 fully saturated rings. The van der Waals surface area contributed by atoms with Gasteiger partial charge in [-0.2, -0.15) is 0 Å². The highest BCUT2D eigenvalue weighted by molar-refractivity contribution is 6.30. The SMILES string of the molecule is CNCC(C)C(=O)NC(C)c1cccc(Cl)c1. The van der Waals surface area contributed by atoms with Gasteiger partial charge in [0.1, 0.15) is 0 Å². The molecular weight excluding hydrogens is 236 g/mol. The first-order valence-corrected chi connectivity index (χ1v) is 6.12. The van der Waals surface area contributed by atoms with E-state index >= 15 is 0 Å². The molecule has 0 aliphatic heterocycles. The van der Waals surface area contributed by atoms with Crippen LogP contribution in [0.5, 0.6) is 0 Å². The number of carbonyl (C=O) groups is 1. The molecule has 2 N–H and O–H groups in total. The first kappa shape index (κ1) is 14.0. The maximum absolute atomic E-state index is 11.8. The second kappa shape index (κ2) is 6.62. The first-order chi connectivity index (χ1) is 8.04. The van der Waals surface area contributed by atoms with Crippen molar-refractivity contribution in [3.05, 3.63) is 34.9 Å². The minimum Gasteiger partial charge on any atom is -0.349 e. The molecule has 1 aromatic carbocycles. The van der Waals surface area contributed by atoms with Crippen LogP contribution < -0.4 is 10.6 Å². The van der Waals surface area contributed by atoms with E-state index < -0.39 is 0 Å². The lowest BCUT2D eigenvalue weighted by atomic mass is 10.1. The van der Waals surface area contributed by atoms with Crippen LogP contribution >= 0.6 is 11.6 Å². The molecule has 1 amide bonds. The molecule has 2 atom stereocenters. The van der Waals surface area contributed by atoms with Gasteiger partial charge in [0.05, 0.1) is 6.04 Å². The summed E-state index contributed by atoms with van der Waals surface area (Å²) in [5.41, 5.74) is 1.02. The van der Waals surface area contributed by atoms with Crippen LogP contribution in [-0.4, -0.2) is 19.5 Å². The Morgan fingerprint density at radius 3 is 2.71 bits per heavy atom. The van der Waals surface area contributed by atoms with E-state index in [2.05, 4.69) is 10.6 Å². The van der Waals surface area contributed by atoms with Crippen molar-refractivity contribution >= 4 is 17.5 Å². The van der Waals surface area contributed by atoms with Gasteiger partial charge in [0, 0.05) is 17.5 Å². The van der Waals surface area contributed by atoms with E-state index in [0.29, 0.717) is 11.6 Å². The van der Waals surface area contributed by atoms with Gasteiger partial charge in [-0.25, -0.2) is 0 Å². The molecule has 0 aliphatic carbocycles. The third-order valence-corrected chi connectivity index (χ3v) is 2.90. The highest BCUT2D eigenvalue weighted by Crippen LogP contribution is 2.17. The van der Waals surface area contributed by atoms with E-state index in [0.717, 1.165) is 5.56 Å². The zero-order valence-electron chi connectivity index (χ0n) is 10.5. The lowest BCUT2D eigenvalue weighted by Crippen LogP contribution is -2.35. The Bertz CT molecular complexity index is 381. The van der Waals surface area contributed by atoms with Crippen molar-refractivity contribution in [1.82, 2.24) is 10.6 Å². The minimum absolute atomic E-state index is 0.0273. The molecule has 17 heavy (non-hydrogen) atoms. The van der Waals surface area contributed by atoms with E-state index in [1.165, 1.54) is 0 Å². The highest BCUT2D eigenvalue weighted by Gasteiger charge is 2.15. The van der Waals surface area contributed by atoms with Crippen LogP contribution in [0, 0.1) is 5.92 Å². The van der Waals surface area contributed by atoms with Crippen molar-refractivity contribution in [2.45, 2.75) is 19.9 Å². The molecule has 4 heteroatoms. The number of amides is 1. The normalized spacial score (nSPS) is 14.1. The summed E-state index contributed by atoms with van der Waals surface area (Å²) in [4.78, 5) is 11.8. The zero-order chi connectivity index (χ0) is 12.8. The molecular formula is C13H19ClN2O. The van der Waals surface area contributed by atoms with Gasteiger partial charge in [0.25, 0.3) is 0 Å². The van der Waals surface area contributed by atoms with Gasteiger partial charge >= 0.3 is 0 Å². The average Bonchev–Trinajstić information content (AvgIpc) is 2.29. The Labute approximate surface area is 108 Å². The van der Waals surface area contributed by atoms with Crippen molar-refractivity contribution < 1.29 is 4.79 Å². The van der Waals surface area contributed by atoms with Crippen LogP contribution in [0.15, 0.2) is 24.3 Å². The molecule has 0 bridgehead atoms. The van der Waals surface area contributed by atoms with E-state index in [-0.39, 0.29) is 17.9 Å². The fourth-order valence-electron chi connectivity index (χ4n) is 1.61. The minimum atomic E-state index is -0.0402. The van der Waals surface area contributed by atoms with Crippen LogP contribution in [0.4, 0.5) is 0 Å². The summed E-state index contributed by atoms with van der Waals surface area (Å²) in [6.45, 7) is 4.53. The number of nitrogens with one attached hydrogen (secondary N) is 2. The van der Waals surface area contributed by atoms with Crippen molar-refractivity contribution in [2.24, 2.45) is 5.92 Å². The molecule has 0 saturated heterocycles. The Hall–Kier alpha value is -1.06. The molecule has 94 valence electrons. The summed E-state index contributed by atoms with van der Waals surface area (Å²) in [6, 6.07) is 7.51. The fraction of sp³-hybridized carbons (Fsp3) is 0.462. The van der Waals surface area contributed by atoms with E-state index in [4.69, 9.17) is 11.6 Å². The topological polar surface area (TPSA) is 41.1 Å². The van der Waals surface area contributed by atoms with Crippen molar-refractivity contribution in [1.29, 1.82) is 0 Å². The van der Waals surface area contributed by atoms with Gasteiger partial charge in [0.2, 0.25) is 5.91 Å². The molecule has 0 radical (unpaired) electrons. The van der Waals surface area contributed by atoms with Gasteiger partial charge in [-0.15, -0.1) is 0 Å². The molecule has 0 aromatic heterocycles. The quantitative estimate of drug-likeness (QED) is 0.847. The molecule has 1 aromatic rings. The smallest absolute Gasteiger partial charge is 0.224 e. The molecule has 1 rings (SSSR count). The average molecular weight is 255 g/mol. The second-order valence-corrected chi connectivity index (χ2v) is 4.68. The number of benzene rings is 1. The monoisotopic (exact) mass is 254 g/mol. The summed E-state index contributed by atoms with van der Waals surface area (Å²) in [5, 5.41) is 6.65. The van der Waals surface area contributed by atoms with Crippen LogP contribution in [0.2, 0.25) is 5.02 Å². The Balaban J connectivity index is 2.60. The van der Waals surface area contributed by atoms with Crippen molar-refractivity contribution in [3.8, 4) is 0 Å². The predicted octanol–water partition coefficient (Wildman–Crippen LogP) is 2.37. The van der Waals surface area contributed by atoms with Crippen molar-refractivity contribution in [2.75, 3.05) is 13.6 Å². The van der Waals surface area contributed by atoms with Gasteiger partial charge in [0.15, 0.2) is 0 Å². The molecule has 3 nitrogen and oxygen atoms in total. The Kier molecular flexibility index (Phi) is 5.45. The van der Waals surface area contributed by atoms with Crippen LogP contribution in [0.1, 0.15) is 25.5 Å². The van der Waals surface area contributed by atoms with E-state index in [1.807, 2.05) is 45.2 Å². The summed E-state index contributed by atoms with van der Waals surface area (Å²) in [6.07, 6.45) is 0. The Morgan fingerprint density at radius 1 is 1.41 bits per heavy atom. The van der Waals surface area contributed by atoms with E-state index in [1.54, 1.807) is 0 Å². The molecule has 2 unspecified atom stereocenters. The van der Waals surface area contributed by atoms with Gasteiger partial charge in [-0.1, -0.05) is 30.7 Å². The maximum atomic E-state index is 11.8. The number of carbonyl (C=O) groups excluding carboxylic acids is 1. The lowest BCUT2D eigenvalue weighted by molar-refractivity contribution is -0.125. The van der Waals surface area contributed by atoms with Gasteiger partial charge < -0.3 is 10.6 Å². The summed E-state index contributed by atoms with van der Waals surface area (Å²) < 4.78 is 0. The van der Waals surface area contributed by atoms with Crippen molar-refractivity contribution in [3.63, 3.8) is 0 Å². The molecule has 0 aliphatic rings.